The van der Waals surface area contributed by atoms with Crippen LogP contribution in [0.2, 0.25) is 0 Å². The van der Waals surface area contributed by atoms with Crippen LogP contribution in [0.3, 0.4) is 0 Å². The van der Waals surface area contributed by atoms with E-state index in [0.717, 1.165) is 18.0 Å². The monoisotopic (exact) mass is 250 g/mol. The first kappa shape index (κ1) is 15.0. The number of aryl methyl sites for hydroxylation is 1. The lowest BCUT2D eigenvalue weighted by atomic mass is 10.1. The summed E-state index contributed by atoms with van der Waals surface area (Å²) in [6.45, 7) is 8.04. The summed E-state index contributed by atoms with van der Waals surface area (Å²) in [5.41, 5.74) is 0.952. The van der Waals surface area contributed by atoms with E-state index in [0.29, 0.717) is 12.6 Å². The van der Waals surface area contributed by atoms with E-state index in [-0.39, 0.29) is 0 Å². The Labute approximate surface area is 111 Å². The number of hydrogen-bond donors (Lipinski definition) is 1. The molecule has 0 saturated carbocycles. The van der Waals surface area contributed by atoms with Crippen LogP contribution in [0.1, 0.15) is 45.2 Å². The zero-order chi connectivity index (χ0) is 13.2. The maximum absolute atomic E-state index is 5.69. The lowest BCUT2D eigenvalue weighted by molar-refractivity contribution is 0.301. The van der Waals surface area contributed by atoms with Crippen LogP contribution in [0, 0.1) is 6.92 Å². The Morgan fingerprint density at radius 2 is 2.22 bits per heavy atom. The largest absolute Gasteiger partial charge is 0.490 e. The van der Waals surface area contributed by atoms with Gasteiger partial charge >= 0.3 is 0 Å². The summed E-state index contributed by atoms with van der Waals surface area (Å²) in [5, 5.41) is 3.49. The molecule has 18 heavy (non-hydrogen) atoms. The molecular formula is C15H26N2O. The number of ether oxygens (including phenoxy) is 1. The zero-order valence-corrected chi connectivity index (χ0v) is 11.9. The van der Waals surface area contributed by atoms with Crippen molar-refractivity contribution in [2.75, 3.05) is 13.2 Å². The van der Waals surface area contributed by atoms with E-state index in [9.17, 15) is 0 Å². The summed E-state index contributed by atoms with van der Waals surface area (Å²) in [7, 11) is 0. The predicted octanol–water partition coefficient (Wildman–Crippen LogP) is 3.33. The summed E-state index contributed by atoms with van der Waals surface area (Å²) < 4.78 is 5.69. The standard InChI is InChI=1S/C15H26N2O/c1-4-5-6-8-13(2)16-11-12-18-15-9-7-10-17-14(15)3/h7,9-10,13,16H,4-6,8,11-12H2,1-3H3. The molecule has 0 aliphatic carbocycles. The third kappa shape index (κ3) is 6.01. The van der Waals surface area contributed by atoms with Crippen LogP contribution in [-0.2, 0) is 0 Å². The second-order valence-electron chi connectivity index (χ2n) is 4.79. The van der Waals surface area contributed by atoms with Gasteiger partial charge in [0, 0.05) is 18.8 Å². The van der Waals surface area contributed by atoms with Gasteiger partial charge in [-0.1, -0.05) is 26.2 Å². The predicted molar refractivity (Wildman–Crippen MR) is 76.1 cm³/mol. The number of nitrogens with one attached hydrogen (secondary N) is 1. The van der Waals surface area contributed by atoms with Gasteiger partial charge in [-0.2, -0.15) is 0 Å². The Balaban J connectivity index is 2.09. The average Bonchev–Trinajstić information content (AvgIpc) is 2.37. The molecule has 0 saturated heterocycles. The van der Waals surface area contributed by atoms with Crippen LogP contribution in [0.5, 0.6) is 5.75 Å². The first-order chi connectivity index (χ1) is 8.74. The fourth-order valence-electron chi connectivity index (χ4n) is 1.89. The Morgan fingerprint density at radius 1 is 1.39 bits per heavy atom. The van der Waals surface area contributed by atoms with Gasteiger partial charge in [-0.25, -0.2) is 0 Å². The van der Waals surface area contributed by atoms with Crippen molar-refractivity contribution in [1.82, 2.24) is 10.3 Å². The first-order valence-corrected chi connectivity index (χ1v) is 7.01. The van der Waals surface area contributed by atoms with E-state index in [4.69, 9.17) is 4.74 Å². The van der Waals surface area contributed by atoms with Gasteiger partial charge in [-0.3, -0.25) is 4.98 Å². The van der Waals surface area contributed by atoms with E-state index in [1.165, 1.54) is 25.7 Å². The van der Waals surface area contributed by atoms with E-state index < -0.39 is 0 Å². The van der Waals surface area contributed by atoms with Crippen LogP contribution < -0.4 is 10.1 Å². The minimum Gasteiger partial charge on any atom is -0.490 e. The summed E-state index contributed by atoms with van der Waals surface area (Å²) in [5.74, 6) is 0.887. The average molecular weight is 250 g/mol. The molecule has 0 aliphatic heterocycles. The van der Waals surface area contributed by atoms with Gasteiger partial charge in [0.05, 0.1) is 5.69 Å². The van der Waals surface area contributed by atoms with E-state index in [1.807, 2.05) is 19.1 Å². The Hall–Kier alpha value is -1.09. The molecule has 0 aromatic carbocycles. The van der Waals surface area contributed by atoms with Crippen LogP contribution >= 0.6 is 0 Å². The lowest BCUT2D eigenvalue weighted by Gasteiger charge is -2.14. The van der Waals surface area contributed by atoms with Gasteiger partial charge in [0.2, 0.25) is 0 Å². The van der Waals surface area contributed by atoms with Gasteiger partial charge in [-0.15, -0.1) is 0 Å². The molecule has 1 aromatic rings. The molecule has 1 atom stereocenters. The fourth-order valence-corrected chi connectivity index (χ4v) is 1.89. The number of pyridine rings is 1. The summed E-state index contributed by atoms with van der Waals surface area (Å²) >= 11 is 0. The van der Waals surface area contributed by atoms with Crippen LogP contribution in [0.4, 0.5) is 0 Å². The highest BCUT2D eigenvalue weighted by atomic mass is 16.5. The molecule has 1 unspecified atom stereocenters. The van der Waals surface area contributed by atoms with Gasteiger partial charge < -0.3 is 10.1 Å². The highest BCUT2D eigenvalue weighted by molar-refractivity contribution is 5.25. The number of aromatic nitrogens is 1. The van der Waals surface area contributed by atoms with Gasteiger partial charge in [0.15, 0.2) is 0 Å². The third-order valence-corrected chi connectivity index (χ3v) is 3.05. The Morgan fingerprint density at radius 3 is 2.94 bits per heavy atom. The minimum absolute atomic E-state index is 0.579. The fraction of sp³-hybridized carbons (Fsp3) is 0.667. The molecule has 102 valence electrons. The summed E-state index contributed by atoms with van der Waals surface area (Å²) in [4.78, 5) is 4.20. The van der Waals surface area contributed by atoms with Gasteiger partial charge in [-0.05, 0) is 32.4 Å². The molecule has 1 rings (SSSR count). The van der Waals surface area contributed by atoms with Crippen molar-refractivity contribution < 1.29 is 4.74 Å². The first-order valence-electron chi connectivity index (χ1n) is 7.01. The molecule has 0 radical (unpaired) electrons. The Bertz CT molecular complexity index is 328. The van der Waals surface area contributed by atoms with Crippen LogP contribution in [0.25, 0.3) is 0 Å². The molecule has 0 amide bonds. The topological polar surface area (TPSA) is 34.1 Å². The van der Waals surface area contributed by atoms with Crippen molar-refractivity contribution in [1.29, 1.82) is 0 Å². The molecule has 0 bridgehead atoms. The van der Waals surface area contributed by atoms with Crippen molar-refractivity contribution >= 4 is 0 Å². The van der Waals surface area contributed by atoms with E-state index >= 15 is 0 Å². The molecule has 0 spiro atoms. The normalized spacial score (nSPS) is 12.4. The SMILES string of the molecule is CCCCCC(C)NCCOc1cccnc1C. The van der Waals surface area contributed by atoms with Crippen LogP contribution in [0.15, 0.2) is 18.3 Å². The van der Waals surface area contributed by atoms with Crippen molar-refractivity contribution in [3.63, 3.8) is 0 Å². The number of rotatable bonds is 9. The molecule has 3 nitrogen and oxygen atoms in total. The summed E-state index contributed by atoms with van der Waals surface area (Å²) in [6.07, 6.45) is 6.97. The zero-order valence-electron chi connectivity index (χ0n) is 11.9. The molecule has 1 heterocycles. The number of unbranched alkanes of at least 4 members (excludes halogenated alkanes) is 2. The van der Waals surface area contributed by atoms with Crippen molar-refractivity contribution in [2.24, 2.45) is 0 Å². The van der Waals surface area contributed by atoms with Gasteiger partial charge in [0.1, 0.15) is 12.4 Å². The van der Waals surface area contributed by atoms with Crippen LogP contribution in [-0.4, -0.2) is 24.2 Å². The highest BCUT2D eigenvalue weighted by Crippen LogP contribution is 2.12. The number of nitrogens with zero attached hydrogens (tertiary/aromatic N) is 1. The minimum atomic E-state index is 0.579. The summed E-state index contributed by atoms with van der Waals surface area (Å²) in [6, 6.07) is 4.45. The quantitative estimate of drug-likeness (QED) is 0.683. The Kier molecular flexibility index (Phi) is 7.42. The van der Waals surface area contributed by atoms with E-state index in [1.54, 1.807) is 6.20 Å². The molecule has 1 aromatic heterocycles. The van der Waals surface area contributed by atoms with E-state index in [2.05, 4.69) is 24.1 Å². The van der Waals surface area contributed by atoms with Crippen molar-refractivity contribution in [2.45, 2.75) is 52.5 Å². The number of hydrogen-bond acceptors (Lipinski definition) is 3. The molecular weight excluding hydrogens is 224 g/mol. The molecule has 3 heteroatoms. The van der Waals surface area contributed by atoms with Crippen molar-refractivity contribution in [3.8, 4) is 5.75 Å². The lowest BCUT2D eigenvalue weighted by Crippen LogP contribution is -2.30. The third-order valence-electron chi connectivity index (χ3n) is 3.05. The van der Waals surface area contributed by atoms with Crippen molar-refractivity contribution in [3.05, 3.63) is 24.0 Å². The molecule has 1 N–H and O–H groups in total. The second-order valence-corrected chi connectivity index (χ2v) is 4.79. The second kappa shape index (κ2) is 8.92. The molecule has 0 fully saturated rings. The maximum Gasteiger partial charge on any atom is 0.140 e. The van der Waals surface area contributed by atoms with Gasteiger partial charge in [0.25, 0.3) is 0 Å². The maximum atomic E-state index is 5.69. The smallest absolute Gasteiger partial charge is 0.140 e. The molecule has 0 aliphatic rings. The highest BCUT2D eigenvalue weighted by Gasteiger charge is 2.01.